The van der Waals surface area contributed by atoms with Crippen LogP contribution in [0.3, 0.4) is 0 Å². The molecule has 0 spiro atoms. The Morgan fingerprint density at radius 2 is 1.75 bits per heavy atom. The first-order chi connectivity index (χ1) is 15.5. The first-order valence-corrected chi connectivity index (χ1v) is 10.5. The molecule has 0 radical (unpaired) electrons. The summed E-state index contributed by atoms with van der Waals surface area (Å²) in [6.45, 7) is 5.29. The summed E-state index contributed by atoms with van der Waals surface area (Å²) >= 11 is 0. The largest absolute Gasteiger partial charge is 0.490 e. The molecule has 0 fully saturated rings. The topological polar surface area (TPSA) is 103 Å². The van der Waals surface area contributed by atoms with E-state index in [1.807, 2.05) is 32.0 Å². The Labute approximate surface area is 184 Å². The average molecular weight is 436 g/mol. The van der Waals surface area contributed by atoms with E-state index in [1.54, 1.807) is 18.2 Å². The molecule has 8 nitrogen and oxygen atoms in total. The van der Waals surface area contributed by atoms with E-state index in [1.165, 1.54) is 0 Å². The number of fused-ring (bicyclic) bond motifs is 1. The Hall–Kier alpha value is -3.81. The van der Waals surface area contributed by atoms with Crippen LogP contribution in [0.15, 0.2) is 46.0 Å². The molecule has 8 heteroatoms. The van der Waals surface area contributed by atoms with Crippen LogP contribution in [-0.4, -0.2) is 32.3 Å². The molecule has 0 atom stereocenters. The molecule has 1 aliphatic rings. The lowest BCUT2D eigenvalue weighted by Crippen LogP contribution is -2.36. The number of hydrogen-bond donors (Lipinski definition) is 2. The second kappa shape index (κ2) is 9.13. The fourth-order valence-electron chi connectivity index (χ4n) is 3.65. The van der Waals surface area contributed by atoms with Crippen molar-refractivity contribution < 1.29 is 19.0 Å². The van der Waals surface area contributed by atoms with Crippen LogP contribution >= 0.6 is 0 Å². The van der Waals surface area contributed by atoms with Gasteiger partial charge in [-0.15, -0.1) is 0 Å². The molecule has 4 rings (SSSR count). The third kappa shape index (κ3) is 4.16. The minimum Gasteiger partial charge on any atom is -0.490 e. The highest BCUT2D eigenvalue weighted by molar-refractivity contribution is 5.96. The lowest BCUT2D eigenvalue weighted by molar-refractivity contribution is -0.118. The van der Waals surface area contributed by atoms with Crippen LogP contribution in [0.5, 0.6) is 17.2 Å². The maximum Gasteiger partial charge on any atom is 0.262 e. The van der Waals surface area contributed by atoms with E-state index in [0.717, 1.165) is 5.56 Å². The van der Waals surface area contributed by atoms with E-state index in [4.69, 9.17) is 14.2 Å². The normalized spacial score (nSPS) is 12.6. The Kier molecular flexibility index (Phi) is 6.11. The zero-order valence-electron chi connectivity index (χ0n) is 17.9. The second-order valence-electron chi connectivity index (χ2n) is 7.28. The van der Waals surface area contributed by atoms with Crippen LogP contribution in [0.2, 0.25) is 0 Å². The van der Waals surface area contributed by atoms with Crippen molar-refractivity contribution in [3.63, 3.8) is 0 Å². The average Bonchev–Trinajstić information content (AvgIpc) is 2.80. The first-order valence-electron chi connectivity index (χ1n) is 10.5. The molecule has 1 aliphatic heterocycles. The molecule has 0 bridgehead atoms. The molecule has 1 heterocycles. The van der Waals surface area contributed by atoms with Crippen molar-refractivity contribution in [2.75, 3.05) is 37.0 Å². The molecule has 0 saturated heterocycles. The van der Waals surface area contributed by atoms with Gasteiger partial charge in [-0.2, -0.15) is 0 Å². The third-order valence-corrected chi connectivity index (χ3v) is 5.14. The maximum atomic E-state index is 12.3. The molecule has 1 amide bonds. The van der Waals surface area contributed by atoms with E-state index < -0.39 is 10.9 Å². The van der Waals surface area contributed by atoms with E-state index in [9.17, 15) is 14.4 Å². The van der Waals surface area contributed by atoms with E-state index in [2.05, 4.69) is 10.6 Å². The van der Waals surface area contributed by atoms with Gasteiger partial charge in [0.15, 0.2) is 18.1 Å². The second-order valence-corrected chi connectivity index (χ2v) is 7.28. The van der Waals surface area contributed by atoms with Gasteiger partial charge in [0.05, 0.1) is 30.2 Å². The predicted molar refractivity (Wildman–Crippen MR) is 122 cm³/mol. The number of carbonyl (C=O) groups excluding carboxylic acids is 1. The highest BCUT2D eigenvalue weighted by Crippen LogP contribution is 2.34. The number of rotatable bonds is 9. The number of benzene rings is 2. The number of amides is 1. The summed E-state index contributed by atoms with van der Waals surface area (Å²) in [6, 6.07) is 10.8. The number of carbonyl (C=O) groups is 1. The van der Waals surface area contributed by atoms with Crippen LogP contribution in [0.1, 0.15) is 19.4 Å². The number of nitrogens with one attached hydrogen (secondary N) is 2. The van der Waals surface area contributed by atoms with Crippen molar-refractivity contribution in [3.05, 3.63) is 62.4 Å². The van der Waals surface area contributed by atoms with Gasteiger partial charge >= 0.3 is 0 Å². The van der Waals surface area contributed by atoms with Crippen LogP contribution < -0.4 is 35.7 Å². The van der Waals surface area contributed by atoms with E-state index in [0.29, 0.717) is 65.9 Å². The lowest BCUT2D eigenvalue weighted by atomic mass is 9.97. The van der Waals surface area contributed by atoms with Gasteiger partial charge < -0.3 is 24.8 Å². The zero-order chi connectivity index (χ0) is 22.7. The van der Waals surface area contributed by atoms with E-state index in [-0.39, 0.29) is 12.5 Å². The summed E-state index contributed by atoms with van der Waals surface area (Å²) in [5, 5.41) is 5.81. The first kappa shape index (κ1) is 21.4. The van der Waals surface area contributed by atoms with Gasteiger partial charge in [-0.1, -0.05) is 12.1 Å². The summed E-state index contributed by atoms with van der Waals surface area (Å²) in [4.78, 5) is 35.9. The quantitative estimate of drug-likeness (QED) is 0.497. The van der Waals surface area contributed by atoms with Crippen molar-refractivity contribution in [1.82, 2.24) is 0 Å². The summed E-state index contributed by atoms with van der Waals surface area (Å²) < 4.78 is 16.7. The fourth-order valence-corrected chi connectivity index (χ4v) is 3.65. The van der Waals surface area contributed by atoms with Gasteiger partial charge in [0, 0.05) is 6.54 Å². The van der Waals surface area contributed by atoms with Gasteiger partial charge in [0.2, 0.25) is 10.9 Å². The Bertz CT molecular complexity index is 1230. The standard InChI is InChI=1S/C24H24N2O6/c1-3-30-17-8-5-14(11-19(17)31-4-2)9-10-25-22-21(23(28)24(22)29)15-6-7-16-18(12-15)32-13-20(27)26-16/h5-8,11-12,25H,3-4,9-10,13H2,1-2H3,(H,26,27). The Morgan fingerprint density at radius 3 is 2.53 bits per heavy atom. The molecule has 0 saturated carbocycles. The molecule has 0 unspecified atom stereocenters. The molecule has 3 aromatic rings. The third-order valence-electron chi connectivity index (χ3n) is 5.14. The van der Waals surface area contributed by atoms with Gasteiger partial charge in [-0.25, -0.2) is 0 Å². The predicted octanol–water partition coefficient (Wildman–Crippen LogP) is 2.73. The van der Waals surface area contributed by atoms with Crippen LogP contribution in [-0.2, 0) is 11.2 Å². The molecule has 166 valence electrons. The molecule has 2 N–H and O–H groups in total. The monoisotopic (exact) mass is 436 g/mol. The fraction of sp³-hybridized carbons (Fsp3) is 0.292. The molecular formula is C24H24N2O6. The van der Waals surface area contributed by atoms with Crippen LogP contribution in [0, 0.1) is 0 Å². The summed E-state index contributed by atoms with van der Waals surface area (Å²) in [5.41, 5.74) is 1.69. The minimum atomic E-state index is -0.535. The minimum absolute atomic E-state index is 0.0840. The maximum absolute atomic E-state index is 12.3. The smallest absolute Gasteiger partial charge is 0.262 e. The highest BCUT2D eigenvalue weighted by atomic mass is 16.5. The lowest BCUT2D eigenvalue weighted by Gasteiger charge is -2.20. The van der Waals surface area contributed by atoms with Gasteiger partial charge in [0.1, 0.15) is 5.75 Å². The summed E-state index contributed by atoms with van der Waals surface area (Å²) in [5.74, 6) is 1.62. The Morgan fingerprint density at radius 1 is 0.969 bits per heavy atom. The molecule has 0 aromatic heterocycles. The summed E-state index contributed by atoms with van der Waals surface area (Å²) in [6.07, 6.45) is 0.629. The van der Waals surface area contributed by atoms with Gasteiger partial charge in [-0.05, 0) is 55.7 Å². The van der Waals surface area contributed by atoms with Crippen molar-refractivity contribution in [2.45, 2.75) is 20.3 Å². The number of hydrogen-bond acceptors (Lipinski definition) is 7. The highest BCUT2D eigenvalue weighted by Gasteiger charge is 2.24. The van der Waals surface area contributed by atoms with Gasteiger partial charge in [0.25, 0.3) is 5.91 Å². The SMILES string of the molecule is CCOc1ccc(CCNc2c(-c3ccc4c(c3)OCC(=O)N4)c(=O)c2=O)cc1OCC. The number of anilines is 2. The molecule has 0 aliphatic carbocycles. The number of ether oxygens (including phenoxy) is 3. The van der Waals surface area contributed by atoms with Crippen molar-refractivity contribution in [1.29, 1.82) is 0 Å². The Balaban J connectivity index is 1.48. The van der Waals surface area contributed by atoms with Crippen molar-refractivity contribution >= 4 is 17.3 Å². The summed E-state index contributed by atoms with van der Waals surface area (Å²) in [7, 11) is 0. The van der Waals surface area contributed by atoms with Gasteiger partial charge in [-0.3, -0.25) is 14.4 Å². The van der Waals surface area contributed by atoms with E-state index >= 15 is 0 Å². The van der Waals surface area contributed by atoms with Crippen molar-refractivity contribution in [3.8, 4) is 28.4 Å². The molecule has 32 heavy (non-hydrogen) atoms. The zero-order valence-corrected chi connectivity index (χ0v) is 17.9. The van der Waals surface area contributed by atoms with Crippen LogP contribution in [0.25, 0.3) is 11.1 Å². The molecule has 3 aromatic carbocycles. The van der Waals surface area contributed by atoms with Crippen LogP contribution in [0.4, 0.5) is 11.4 Å². The molecular weight excluding hydrogens is 412 g/mol. The van der Waals surface area contributed by atoms with Crippen molar-refractivity contribution in [2.24, 2.45) is 0 Å².